The van der Waals surface area contributed by atoms with Crippen molar-refractivity contribution in [2.75, 3.05) is 12.4 Å². The van der Waals surface area contributed by atoms with Gasteiger partial charge in [-0.2, -0.15) is 11.3 Å². The molecule has 1 aromatic carbocycles. The van der Waals surface area contributed by atoms with Gasteiger partial charge in [0, 0.05) is 25.7 Å². The molecule has 24 heavy (non-hydrogen) atoms. The van der Waals surface area contributed by atoms with E-state index in [4.69, 9.17) is 0 Å². The first kappa shape index (κ1) is 16.5. The van der Waals surface area contributed by atoms with Gasteiger partial charge < -0.3 is 15.5 Å². The Morgan fingerprint density at radius 3 is 2.96 bits per heavy atom. The highest BCUT2D eigenvalue weighted by Gasteiger charge is 2.18. The Balaban J connectivity index is 1.63. The summed E-state index contributed by atoms with van der Waals surface area (Å²) in [5.41, 5.74) is 4.18. The molecule has 0 bridgehead atoms. The summed E-state index contributed by atoms with van der Waals surface area (Å²) >= 11 is 1.63. The molecule has 2 N–H and O–H groups in total. The van der Waals surface area contributed by atoms with Crippen LogP contribution < -0.4 is 10.6 Å². The predicted molar refractivity (Wildman–Crippen MR) is 96.1 cm³/mol. The Bertz CT molecular complexity index is 743. The van der Waals surface area contributed by atoms with E-state index >= 15 is 0 Å². The van der Waals surface area contributed by atoms with Crippen LogP contribution in [0.25, 0.3) is 0 Å². The molecule has 0 saturated carbocycles. The van der Waals surface area contributed by atoms with E-state index in [1.165, 1.54) is 0 Å². The van der Waals surface area contributed by atoms with Gasteiger partial charge in [0.1, 0.15) is 0 Å². The average molecular weight is 343 g/mol. The molecule has 0 fully saturated rings. The van der Waals surface area contributed by atoms with Gasteiger partial charge >= 0.3 is 6.03 Å². The van der Waals surface area contributed by atoms with Crippen molar-refractivity contribution >= 4 is 29.0 Å². The van der Waals surface area contributed by atoms with Crippen molar-refractivity contribution in [3.63, 3.8) is 0 Å². The van der Waals surface area contributed by atoms with Gasteiger partial charge in [0.25, 0.3) is 0 Å². The minimum atomic E-state index is -0.0975. The fraction of sp³-hybridized carbons (Fsp3) is 0.333. The van der Waals surface area contributed by atoms with E-state index < -0.39 is 0 Å². The first-order chi connectivity index (χ1) is 11.5. The predicted octanol–water partition coefficient (Wildman–Crippen LogP) is 3.54. The number of amides is 3. The summed E-state index contributed by atoms with van der Waals surface area (Å²) < 4.78 is 0. The molecule has 6 heteroatoms. The third-order valence-corrected chi connectivity index (χ3v) is 4.94. The number of anilines is 1. The van der Waals surface area contributed by atoms with Crippen LogP contribution in [0.4, 0.5) is 10.5 Å². The number of thiophene rings is 1. The molecular weight excluding hydrogens is 322 g/mol. The fourth-order valence-corrected chi connectivity index (χ4v) is 3.44. The molecule has 0 spiro atoms. The lowest BCUT2D eigenvalue weighted by atomic mass is 9.98. The molecule has 2 aromatic rings. The van der Waals surface area contributed by atoms with Gasteiger partial charge in [0.15, 0.2) is 0 Å². The van der Waals surface area contributed by atoms with Gasteiger partial charge in [-0.3, -0.25) is 4.79 Å². The Kier molecular flexibility index (Phi) is 4.85. The molecule has 1 aromatic heterocycles. The maximum absolute atomic E-state index is 12.3. The van der Waals surface area contributed by atoms with Crippen LogP contribution in [-0.4, -0.2) is 23.9 Å². The lowest BCUT2D eigenvalue weighted by Crippen LogP contribution is -2.38. The highest BCUT2D eigenvalue weighted by atomic mass is 32.1. The molecule has 0 unspecified atom stereocenters. The minimum Gasteiger partial charge on any atom is -0.331 e. The zero-order valence-electron chi connectivity index (χ0n) is 13.8. The van der Waals surface area contributed by atoms with Crippen LogP contribution in [0.5, 0.6) is 0 Å². The molecule has 2 heterocycles. The normalized spacial score (nSPS) is 14.5. The third-order valence-electron chi connectivity index (χ3n) is 4.21. The van der Waals surface area contributed by atoms with Crippen molar-refractivity contribution in [3.8, 4) is 0 Å². The number of hydrogen-bond acceptors (Lipinski definition) is 3. The Morgan fingerprint density at radius 2 is 2.21 bits per heavy atom. The Labute approximate surface area is 145 Å². The van der Waals surface area contributed by atoms with Gasteiger partial charge in [-0.1, -0.05) is 12.1 Å². The summed E-state index contributed by atoms with van der Waals surface area (Å²) in [4.78, 5) is 25.4. The van der Waals surface area contributed by atoms with Gasteiger partial charge in [0.05, 0.1) is 6.04 Å². The second kappa shape index (κ2) is 7.05. The topological polar surface area (TPSA) is 61.4 Å². The van der Waals surface area contributed by atoms with Crippen molar-refractivity contribution in [2.24, 2.45) is 0 Å². The molecule has 0 radical (unpaired) electrons. The SMILES string of the molecule is C[C@H](NC(=O)N(C)Cc1ccsc1)c1ccc2c(c1)CCC(=O)N2. The molecule has 1 aliphatic heterocycles. The minimum absolute atomic E-state index is 0.0617. The molecule has 0 saturated heterocycles. The summed E-state index contributed by atoms with van der Waals surface area (Å²) in [6.45, 7) is 2.57. The van der Waals surface area contributed by atoms with E-state index in [1.807, 2.05) is 35.9 Å². The van der Waals surface area contributed by atoms with Crippen LogP contribution in [0, 0.1) is 0 Å². The zero-order valence-corrected chi connectivity index (χ0v) is 14.7. The number of hydrogen-bond donors (Lipinski definition) is 2. The van der Waals surface area contributed by atoms with Crippen LogP contribution >= 0.6 is 11.3 Å². The Hall–Kier alpha value is -2.34. The van der Waals surface area contributed by atoms with Gasteiger partial charge in [-0.05, 0) is 52.9 Å². The molecular formula is C18H21N3O2S. The highest BCUT2D eigenvalue weighted by Crippen LogP contribution is 2.26. The summed E-state index contributed by atoms with van der Waals surface area (Å²) in [5, 5.41) is 9.96. The molecule has 5 nitrogen and oxygen atoms in total. The van der Waals surface area contributed by atoms with Gasteiger partial charge in [-0.15, -0.1) is 0 Å². The summed E-state index contributed by atoms with van der Waals surface area (Å²) in [6, 6.07) is 7.77. The van der Waals surface area contributed by atoms with Crippen LogP contribution in [0.15, 0.2) is 35.0 Å². The van der Waals surface area contributed by atoms with Crippen LogP contribution in [0.1, 0.15) is 36.1 Å². The highest BCUT2D eigenvalue weighted by molar-refractivity contribution is 7.07. The second-order valence-corrected chi connectivity index (χ2v) is 6.90. The third kappa shape index (κ3) is 3.76. The molecule has 126 valence electrons. The fourth-order valence-electron chi connectivity index (χ4n) is 2.78. The smallest absolute Gasteiger partial charge is 0.317 e. The molecule has 3 amide bonds. The van der Waals surface area contributed by atoms with E-state index in [0.29, 0.717) is 13.0 Å². The number of urea groups is 1. The number of carbonyl (C=O) groups excluding carboxylic acids is 2. The standard InChI is InChI=1S/C18H21N3O2S/c1-12(19-18(23)21(2)10-13-7-8-24-11-13)14-3-5-16-15(9-14)4-6-17(22)20-16/h3,5,7-9,11-12H,4,6,10H2,1-2H3,(H,19,23)(H,20,22)/t12-/m0/s1. The van der Waals surface area contributed by atoms with Crippen LogP contribution in [0.3, 0.4) is 0 Å². The largest absolute Gasteiger partial charge is 0.331 e. The molecule has 0 aliphatic carbocycles. The number of nitrogens with one attached hydrogen (secondary N) is 2. The maximum Gasteiger partial charge on any atom is 0.317 e. The van der Waals surface area contributed by atoms with Crippen molar-refractivity contribution in [1.29, 1.82) is 0 Å². The van der Waals surface area contributed by atoms with Gasteiger partial charge in [0.2, 0.25) is 5.91 Å². The lowest BCUT2D eigenvalue weighted by Gasteiger charge is -2.23. The van der Waals surface area contributed by atoms with Crippen LogP contribution in [0.2, 0.25) is 0 Å². The van der Waals surface area contributed by atoms with E-state index in [0.717, 1.165) is 28.8 Å². The average Bonchev–Trinajstić information content (AvgIpc) is 3.07. The number of aryl methyl sites for hydroxylation is 1. The van der Waals surface area contributed by atoms with Crippen molar-refractivity contribution in [3.05, 3.63) is 51.7 Å². The monoisotopic (exact) mass is 343 g/mol. The Morgan fingerprint density at radius 1 is 1.38 bits per heavy atom. The van der Waals surface area contributed by atoms with E-state index in [-0.39, 0.29) is 18.0 Å². The first-order valence-corrected chi connectivity index (χ1v) is 8.92. The van der Waals surface area contributed by atoms with Crippen molar-refractivity contribution < 1.29 is 9.59 Å². The number of carbonyl (C=O) groups is 2. The zero-order chi connectivity index (χ0) is 17.1. The number of nitrogens with zero attached hydrogens (tertiary/aromatic N) is 1. The van der Waals surface area contributed by atoms with Crippen molar-refractivity contribution in [1.82, 2.24) is 10.2 Å². The summed E-state index contributed by atoms with van der Waals surface area (Å²) in [7, 11) is 1.79. The summed E-state index contributed by atoms with van der Waals surface area (Å²) in [5.74, 6) is 0.0617. The lowest BCUT2D eigenvalue weighted by molar-refractivity contribution is -0.116. The second-order valence-electron chi connectivity index (χ2n) is 6.12. The molecule has 1 atom stereocenters. The first-order valence-electron chi connectivity index (χ1n) is 7.98. The van der Waals surface area contributed by atoms with Crippen molar-refractivity contribution in [2.45, 2.75) is 32.4 Å². The summed E-state index contributed by atoms with van der Waals surface area (Å²) in [6.07, 6.45) is 1.26. The molecule has 3 rings (SSSR count). The number of rotatable bonds is 4. The number of benzene rings is 1. The number of fused-ring (bicyclic) bond motifs is 1. The van der Waals surface area contributed by atoms with E-state index in [9.17, 15) is 9.59 Å². The van der Waals surface area contributed by atoms with E-state index in [1.54, 1.807) is 23.3 Å². The molecule has 1 aliphatic rings. The van der Waals surface area contributed by atoms with E-state index in [2.05, 4.69) is 16.7 Å². The maximum atomic E-state index is 12.3. The van der Waals surface area contributed by atoms with Crippen LogP contribution in [-0.2, 0) is 17.8 Å². The van der Waals surface area contributed by atoms with Gasteiger partial charge in [-0.25, -0.2) is 4.79 Å². The quantitative estimate of drug-likeness (QED) is 0.892.